The number of carbonyl (C=O) groups is 1. The Bertz CT molecular complexity index is 607. The Balaban J connectivity index is 1.95. The van der Waals surface area contributed by atoms with Crippen molar-refractivity contribution < 1.29 is 9.53 Å². The number of nitrogens with zero attached hydrogens (tertiary/aromatic N) is 2. The lowest BCUT2D eigenvalue weighted by molar-refractivity contribution is -0.118. The van der Waals surface area contributed by atoms with E-state index in [1.54, 1.807) is 24.0 Å². The normalized spacial score (nSPS) is 12.0. The van der Waals surface area contributed by atoms with Crippen LogP contribution in [0.4, 0.5) is 5.82 Å². The number of rotatable bonds is 6. The summed E-state index contributed by atoms with van der Waals surface area (Å²) in [4.78, 5) is 11.9. The van der Waals surface area contributed by atoms with Gasteiger partial charge in [0.15, 0.2) is 12.4 Å². The minimum atomic E-state index is -0.215. The van der Waals surface area contributed by atoms with E-state index >= 15 is 0 Å². The summed E-state index contributed by atoms with van der Waals surface area (Å²) >= 11 is 0. The van der Waals surface area contributed by atoms with Crippen LogP contribution in [0.15, 0.2) is 36.5 Å². The van der Waals surface area contributed by atoms with Gasteiger partial charge >= 0.3 is 0 Å². The highest BCUT2D eigenvalue weighted by Crippen LogP contribution is 2.28. The molecule has 0 aliphatic heterocycles. The fourth-order valence-electron chi connectivity index (χ4n) is 2.04. The molecule has 1 amide bonds. The fourth-order valence-corrected chi connectivity index (χ4v) is 2.04. The van der Waals surface area contributed by atoms with Gasteiger partial charge in [-0.15, -0.1) is 0 Å². The standard InChI is InChI=1S/C16H21N3O2/c1-4-12(2)13-7-5-6-8-14(13)21-11-16(20)17-15-9-10-19(3)18-15/h5-10,12H,4,11H2,1-3H3,(H,17,18,20). The number of ether oxygens (including phenoxy) is 1. The Morgan fingerprint density at radius 1 is 1.38 bits per heavy atom. The van der Waals surface area contributed by atoms with Crippen LogP contribution in [-0.4, -0.2) is 22.3 Å². The van der Waals surface area contributed by atoms with E-state index < -0.39 is 0 Å². The van der Waals surface area contributed by atoms with Crippen LogP contribution >= 0.6 is 0 Å². The number of hydrogen-bond donors (Lipinski definition) is 1. The second-order valence-corrected chi connectivity index (χ2v) is 5.06. The van der Waals surface area contributed by atoms with Crippen molar-refractivity contribution in [1.29, 1.82) is 0 Å². The van der Waals surface area contributed by atoms with Crippen LogP contribution in [0.5, 0.6) is 5.75 Å². The summed E-state index contributed by atoms with van der Waals surface area (Å²) in [6, 6.07) is 9.58. The predicted octanol–water partition coefficient (Wildman–Crippen LogP) is 2.95. The van der Waals surface area contributed by atoms with E-state index in [0.29, 0.717) is 11.7 Å². The van der Waals surface area contributed by atoms with E-state index in [2.05, 4.69) is 24.3 Å². The summed E-state index contributed by atoms with van der Waals surface area (Å²) in [7, 11) is 1.80. The molecule has 5 heteroatoms. The van der Waals surface area contributed by atoms with Crippen molar-refractivity contribution in [2.75, 3.05) is 11.9 Å². The molecule has 0 aliphatic rings. The van der Waals surface area contributed by atoms with Crippen molar-refractivity contribution in [2.45, 2.75) is 26.2 Å². The lowest BCUT2D eigenvalue weighted by Crippen LogP contribution is -2.21. The number of carbonyl (C=O) groups excluding carboxylic acids is 1. The van der Waals surface area contributed by atoms with Crippen LogP contribution in [0, 0.1) is 0 Å². The lowest BCUT2D eigenvalue weighted by atomic mass is 9.98. The minimum Gasteiger partial charge on any atom is -0.483 e. The van der Waals surface area contributed by atoms with Gasteiger partial charge in [0.1, 0.15) is 5.75 Å². The summed E-state index contributed by atoms with van der Waals surface area (Å²) in [6.07, 6.45) is 2.80. The molecule has 2 rings (SSSR count). The van der Waals surface area contributed by atoms with E-state index in [-0.39, 0.29) is 12.5 Å². The molecule has 1 unspecified atom stereocenters. The van der Waals surface area contributed by atoms with Crippen LogP contribution in [0.3, 0.4) is 0 Å². The zero-order chi connectivity index (χ0) is 15.2. The molecule has 21 heavy (non-hydrogen) atoms. The fraction of sp³-hybridized carbons (Fsp3) is 0.375. The van der Waals surface area contributed by atoms with Gasteiger partial charge in [-0.05, 0) is 24.0 Å². The monoisotopic (exact) mass is 287 g/mol. The van der Waals surface area contributed by atoms with Crippen LogP contribution < -0.4 is 10.1 Å². The number of anilines is 1. The first-order valence-electron chi connectivity index (χ1n) is 7.11. The third-order valence-corrected chi connectivity index (χ3v) is 3.40. The van der Waals surface area contributed by atoms with Crippen molar-refractivity contribution in [3.63, 3.8) is 0 Å². The second-order valence-electron chi connectivity index (χ2n) is 5.06. The number of benzene rings is 1. The summed E-state index contributed by atoms with van der Waals surface area (Å²) in [5, 5.41) is 6.79. The lowest BCUT2D eigenvalue weighted by Gasteiger charge is -2.15. The molecule has 2 aromatic rings. The van der Waals surface area contributed by atoms with Gasteiger partial charge in [-0.2, -0.15) is 5.10 Å². The maximum Gasteiger partial charge on any atom is 0.263 e. The van der Waals surface area contributed by atoms with Crippen LogP contribution in [0.1, 0.15) is 31.7 Å². The molecule has 1 aromatic heterocycles. The molecule has 0 bridgehead atoms. The first-order valence-corrected chi connectivity index (χ1v) is 7.11. The Labute approximate surface area is 124 Å². The van der Waals surface area contributed by atoms with Gasteiger partial charge in [0, 0.05) is 19.3 Å². The SMILES string of the molecule is CCC(C)c1ccccc1OCC(=O)Nc1ccn(C)n1. The van der Waals surface area contributed by atoms with Gasteiger partial charge in [0.25, 0.3) is 5.91 Å². The van der Waals surface area contributed by atoms with Crippen molar-refractivity contribution >= 4 is 11.7 Å². The van der Waals surface area contributed by atoms with Crippen molar-refractivity contribution in [3.8, 4) is 5.75 Å². The van der Waals surface area contributed by atoms with Crippen LogP contribution in [0.2, 0.25) is 0 Å². The highest BCUT2D eigenvalue weighted by atomic mass is 16.5. The average molecular weight is 287 g/mol. The smallest absolute Gasteiger partial charge is 0.263 e. The molecule has 1 atom stereocenters. The quantitative estimate of drug-likeness (QED) is 0.888. The Morgan fingerprint density at radius 2 is 2.14 bits per heavy atom. The highest BCUT2D eigenvalue weighted by Gasteiger charge is 2.11. The molecule has 1 heterocycles. The molecule has 0 aliphatic carbocycles. The number of hydrogen-bond acceptors (Lipinski definition) is 3. The number of para-hydroxylation sites is 1. The molecule has 5 nitrogen and oxygen atoms in total. The zero-order valence-corrected chi connectivity index (χ0v) is 12.7. The van der Waals surface area contributed by atoms with Gasteiger partial charge in [-0.3, -0.25) is 9.48 Å². The first kappa shape index (κ1) is 15.1. The molecule has 0 radical (unpaired) electrons. The van der Waals surface area contributed by atoms with E-state index in [4.69, 9.17) is 4.74 Å². The van der Waals surface area contributed by atoms with E-state index in [1.807, 2.05) is 24.3 Å². The van der Waals surface area contributed by atoms with Gasteiger partial charge in [-0.25, -0.2) is 0 Å². The van der Waals surface area contributed by atoms with Gasteiger partial charge in [0.05, 0.1) is 0 Å². The molecular weight excluding hydrogens is 266 g/mol. The predicted molar refractivity (Wildman–Crippen MR) is 82.5 cm³/mol. The Kier molecular flexibility index (Phi) is 4.98. The molecular formula is C16H21N3O2. The molecule has 0 saturated carbocycles. The van der Waals surface area contributed by atoms with Gasteiger partial charge in [0.2, 0.25) is 0 Å². The molecule has 112 valence electrons. The highest BCUT2D eigenvalue weighted by molar-refractivity contribution is 5.90. The third kappa shape index (κ3) is 4.08. The zero-order valence-electron chi connectivity index (χ0n) is 12.7. The molecule has 0 fully saturated rings. The summed E-state index contributed by atoms with van der Waals surface area (Å²) in [6.45, 7) is 4.26. The van der Waals surface area contributed by atoms with Crippen LogP contribution in [0.25, 0.3) is 0 Å². The molecule has 1 aromatic carbocycles. The number of nitrogens with one attached hydrogen (secondary N) is 1. The van der Waals surface area contributed by atoms with Crippen molar-refractivity contribution in [1.82, 2.24) is 9.78 Å². The maximum absolute atomic E-state index is 11.9. The van der Waals surface area contributed by atoms with E-state index in [1.165, 1.54) is 0 Å². The molecule has 0 spiro atoms. The Hall–Kier alpha value is -2.30. The second kappa shape index (κ2) is 6.92. The maximum atomic E-state index is 11.9. The molecule has 1 N–H and O–H groups in total. The number of aryl methyl sites for hydroxylation is 1. The van der Waals surface area contributed by atoms with E-state index in [9.17, 15) is 4.79 Å². The number of amides is 1. The van der Waals surface area contributed by atoms with Crippen molar-refractivity contribution in [2.24, 2.45) is 7.05 Å². The van der Waals surface area contributed by atoms with Gasteiger partial charge < -0.3 is 10.1 Å². The topological polar surface area (TPSA) is 56.1 Å². The van der Waals surface area contributed by atoms with Crippen molar-refractivity contribution in [3.05, 3.63) is 42.1 Å². The van der Waals surface area contributed by atoms with E-state index in [0.717, 1.165) is 17.7 Å². The third-order valence-electron chi connectivity index (χ3n) is 3.40. The van der Waals surface area contributed by atoms with Crippen LogP contribution in [-0.2, 0) is 11.8 Å². The minimum absolute atomic E-state index is 0.0238. The number of aromatic nitrogens is 2. The average Bonchev–Trinajstić information content (AvgIpc) is 2.89. The molecule has 0 saturated heterocycles. The summed E-state index contributed by atoms with van der Waals surface area (Å²) < 4.78 is 7.29. The largest absolute Gasteiger partial charge is 0.483 e. The first-order chi connectivity index (χ1) is 10.1. The Morgan fingerprint density at radius 3 is 2.81 bits per heavy atom. The van der Waals surface area contributed by atoms with Gasteiger partial charge in [-0.1, -0.05) is 32.0 Å². The summed E-state index contributed by atoms with van der Waals surface area (Å²) in [5.41, 5.74) is 1.13. The summed E-state index contributed by atoms with van der Waals surface area (Å²) in [5.74, 6) is 1.48.